The van der Waals surface area contributed by atoms with Gasteiger partial charge < -0.3 is 10.1 Å². The molecule has 0 aliphatic carbocycles. The largest absolute Gasteiger partial charge is 0.497 e. The molecule has 0 aromatic heterocycles. The fourth-order valence-corrected chi connectivity index (χ4v) is 2.69. The summed E-state index contributed by atoms with van der Waals surface area (Å²) in [6, 6.07) is 7.61. The first kappa shape index (κ1) is 13.2. The summed E-state index contributed by atoms with van der Waals surface area (Å²) in [7, 11) is 2.52. The molecule has 90 valence electrons. The second-order valence-electron chi connectivity index (χ2n) is 3.76. The summed E-state index contributed by atoms with van der Waals surface area (Å²) in [6.07, 6.45) is 0. The molecule has 1 N–H and O–H groups in total. The molecule has 3 nitrogen and oxygen atoms in total. The summed E-state index contributed by atoms with van der Waals surface area (Å²) in [5.74, 6) is 0.787. The van der Waals surface area contributed by atoms with Gasteiger partial charge in [-0.2, -0.15) is 0 Å². The van der Waals surface area contributed by atoms with Crippen LogP contribution >= 0.6 is 0 Å². The van der Waals surface area contributed by atoms with Gasteiger partial charge in [-0.3, -0.25) is 4.21 Å². The Morgan fingerprint density at radius 1 is 1.25 bits per heavy atom. The summed E-state index contributed by atoms with van der Waals surface area (Å²) < 4.78 is 17.2. The second-order valence-corrected chi connectivity index (χ2v) is 5.57. The lowest BCUT2D eigenvalue weighted by Crippen LogP contribution is -2.35. The standard InChI is InChI=1S/C12H19NO2S/c1-9(13-3)10(2)16(14)12-7-5-11(15-4)6-8-12/h5-10,13H,1-4H3. The van der Waals surface area contributed by atoms with Crippen molar-refractivity contribution in [2.75, 3.05) is 14.2 Å². The highest BCUT2D eigenvalue weighted by atomic mass is 32.2. The molecule has 16 heavy (non-hydrogen) atoms. The van der Waals surface area contributed by atoms with E-state index in [1.165, 1.54) is 0 Å². The molecule has 0 bridgehead atoms. The minimum atomic E-state index is -0.986. The molecule has 0 saturated heterocycles. The molecule has 3 atom stereocenters. The number of methoxy groups -OCH3 is 1. The van der Waals surface area contributed by atoms with Gasteiger partial charge in [-0.25, -0.2) is 0 Å². The van der Waals surface area contributed by atoms with E-state index in [0.717, 1.165) is 10.6 Å². The van der Waals surface area contributed by atoms with Crippen LogP contribution in [0, 0.1) is 0 Å². The van der Waals surface area contributed by atoms with Crippen LogP contribution in [0.5, 0.6) is 5.75 Å². The molecule has 1 rings (SSSR count). The predicted molar refractivity (Wildman–Crippen MR) is 67.4 cm³/mol. The lowest BCUT2D eigenvalue weighted by atomic mass is 10.3. The van der Waals surface area contributed by atoms with Crippen LogP contribution in [-0.4, -0.2) is 29.7 Å². The van der Waals surface area contributed by atoms with Crippen molar-refractivity contribution in [3.63, 3.8) is 0 Å². The number of hydrogen-bond donors (Lipinski definition) is 1. The third kappa shape index (κ3) is 3.06. The number of hydrogen-bond acceptors (Lipinski definition) is 3. The fraction of sp³-hybridized carbons (Fsp3) is 0.500. The van der Waals surface area contributed by atoms with Crippen LogP contribution in [0.2, 0.25) is 0 Å². The first-order valence-electron chi connectivity index (χ1n) is 5.32. The highest BCUT2D eigenvalue weighted by molar-refractivity contribution is 7.85. The minimum absolute atomic E-state index is 0.0818. The van der Waals surface area contributed by atoms with Gasteiger partial charge in [0.2, 0.25) is 0 Å². The van der Waals surface area contributed by atoms with E-state index >= 15 is 0 Å². The molecule has 0 radical (unpaired) electrons. The van der Waals surface area contributed by atoms with Gasteiger partial charge in [-0.1, -0.05) is 0 Å². The van der Waals surface area contributed by atoms with Crippen molar-refractivity contribution in [2.45, 2.75) is 30.0 Å². The normalized spacial score (nSPS) is 16.5. The summed E-state index contributed by atoms with van der Waals surface area (Å²) in [5.41, 5.74) is 0. The van der Waals surface area contributed by atoms with Crippen LogP contribution < -0.4 is 10.1 Å². The summed E-state index contributed by atoms with van der Waals surface area (Å²) in [6.45, 7) is 4.02. The maximum atomic E-state index is 12.2. The summed E-state index contributed by atoms with van der Waals surface area (Å²) in [5, 5.41) is 3.20. The quantitative estimate of drug-likeness (QED) is 0.854. The molecule has 1 aromatic rings. The van der Waals surface area contributed by atoms with Crippen molar-refractivity contribution >= 4 is 10.8 Å². The highest BCUT2D eigenvalue weighted by Gasteiger charge is 2.18. The molecular formula is C12H19NO2S. The van der Waals surface area contributed by atoms with Gasteiger partial charge in [0.1, 0.15) is 5.75 Å². The Labute approximate surface area is 99.7 Å². The second kappa shape index (κ2) is 6.01. The van der Waals surface area contributed by atoms with Crippen molar-refractivity contribution < 1.29 is 8.95 Å². The minimum Gasteiger partial charge on any atom is -0.497 e. The third-order valence-corrected chi connectivity index (χ3v) is 4.61. The summed E-state index contributed by atoms with van der Waals surface area (Å²) in [4.78, 5) is 0.843. The van der Waals surface area contributed by atoms with E-state index in [1.54, 1.807) is 7.11 Å². The van der Waals surface area contributed by atoms with Crippen molar-refractivity contribution in [1.82, 2.24) is 5.32 Å². The van der Waals surface area contributed by atoms with Crippen molar-refractivity contribution in [1.29, 1.82) is 0 Å². The monoisotopic (exact) mass is 241 g/mol. The molecule has 0 heterocycles. The van der Waals surface area contributed by atoms with Crippen LogP contribution in [0.15, 0.2) is 29.2 Å². The summed E-state index contributed by atoms with van der Waals surface area (Å²) >= 11 is 0. The van der Waals surface area contributed by atoms with Crippen LogP contribution in [-0.2, 0) is 10.8 Å². The molecule has 0 amide bonds. The molecule has 0 spiro atoms. The van der Waals surface area contributed by atoms with Gasteiger partial charge in [-0.15, -0.1) is 0 Å². The zero-order valence-corrected chi connectivity index (χ0v) is 11.0. The van der Waals surface area contributed by atoms with Gasteiger partial charge in [0.25, 0.3) is 0 Å². The fourth-order valence-electron chi connectivity index (χ4n) is 1.34. The number of rotatable bonds is 5. The predicted octanol–water partition coefficient (Wildman–Crippen LogP) is 1.80. The van der Waals surface area contributed by atoms with Gasteiger partial charge in [-0.05, 0) is 45.2 Å². The third-order valence-electron chi connectivity index (χ3n) is 2.79. The molecule has 0 aliphatic rings. The van der Waals surface area contributed by atoms with E-state index in [0.29, 0.717) is 0 Å². The van der Waals surface area contributed by atoms with Gasteiger partial charge in [0.15, 0.2) is 0 Å². The Kier molecular flexibility index (Phi) is 4.96. The van der Waals surface area contributed by atoms with E-state index in [9.17, 15) is 4.21 Å². The Morgan fingerprint density at radius 3 is 2.25 bits per heavy atom. The van der Waals surface area contributed by atoms with Gasteiger partial charge in [0.05, 0.1) is 23.2 Å². The van der Waals surface area contributed by atoms with Gasteiger partial charge >= 0.3 is 0 Å². The number of benzene rings is 1. The topological polar surface area (TPSA) is 38.3 Å². The molecule has 3 unspecified atom stereocenters. The van der Waals surface area contributed by atoms with Crippen molar-refractivity contribution in [3.05, 3.63) is 24.3 Å². The average Bonchev–Trinajstić information content (AvgIpc) is 2.36. The molecule has 1 aromatic carbocycles. The van der Waals surface area contributed by atoms with Crippen LogP contribution in [0.4, 0.5) is 0 Å². The maximum absolute atomic E-state index is 12.2. The van der Waals surface area contributed by atoms with E-state index in [-0.39, 0.29) is 11.3 Å². The number of nitrogens with one attached hydrogen (secondary N) is 1. The van der Waals surface area contributed by atoms with E-state index < -0.39 is 10.8 Å². The Bertz CT molecular complexity index is 351. The van der Waals surface area contributed by atoms with E-state index in [1.807, 2.05) is 45.2 Å². The van der Waals surface area contributed by atoms with Crippen LogP contribution in [0.3, 0.4) is 0 Å². The first-order chi connectivity index (χ1) is 7.60. The average molecular weight is 241 g/mol. The smallest absolute Gasteiger partial charge is 0.118 e. The lowest BCUT2D eigenvalue weighted by molar-refractivity contribution is 0.414. The first-order valence-corrected chi connectivity index (χ1v) is 6.53. The lowest BCUT2D eigenvalue weighted by Gasteiger charge is -2.18. The number of ether oxygens (including phenoxy) is 1. The zero-order chi connectivity index (χ0) is 12.1. The Hall–Kier alpha value is -0.870. The van der Waals surface area contributed by atoms with E-state index in [2.05, 4.69) is 5.32 Å². The van der Waals surface area contributed by atoms with Crippen LogP contribution in [0.25, 0.3) is 0 Å². The molecule has 0 fully saturated rings. The van der Waals surface area contributed by atoms with Crippen molar-refractivity contribution in [2.24, 2.45) is 0 Å². The maximum Gasteiger partial charge on any atom is 0.118 e. The molecular weight excluding hydrogens is 222 g/mol. The van der Waals surface area contributed by atoms with Gasteiger partial charge in [0, 0.05) is 10.9 Å². The van der Waals surface area contributed by atoms with Crippen molar-refractivity contribution in [3.8, 4) is 5.75 Å². The Balaban J connectivity index is 2.80. The molecule has 0 aliphatic heterocycles. The Morgan fingerprint density at radius 2 is 1.81 bits per heavy atom. The van der Waals surface area contributed by atoms with Crippen LogP contribution in [0.1, 0.15) is 13.8 Å². The SMILES string of the molecule is CNC(C)C(C)S(=O)c1ccc(OC)cc1. The highest BCUT2D eigenvalue weighted by Crippen LogP contribution is 2.17. The molecule has 4 heteroatoms. The zero-order valence-electron chi connectivity index (χ0n) is 10.2. The van der Waals surface area contributed by atoms with E-state index in [4.69, 9.17) is 4.74 Å². The molecule has 0 saturated carbocycles.